The molecule has 0 radical (unpaired) electrons. The summed E-state index contributed by atoms with van der Waals surface area (Å²) in [6.45, 7) is 4.39. The molecule has 0 saturated carbocycles. The molecule has 0 fully saturated rings. The van der Waals surface area contributed by atoms with E-state index in [-0.39, 0.29) is 0 Å². The van der Waals surface area contributed by atoms with Gasteiger partial charge in [0.15, 0.2) is 0 Å². The number of aromatic nitrogens is 1. The van der Waals surface area contributed by atoms with Crippen LogP contribution in [0.2, 0.25) is 0 Å². The van der Waals surface area contributed by atoms with Crippen molar-refractivity contribution < 1.29 is 13.2 Å². The number of benzene rings is 2. The van der Waals surface area contributed by atoms with Gasteiger partial charge in [-0.25, -0.2) is 0 Å². The van der Waals surface area contributed by atoms with Gasteiger partial charge in [0.1, 0.15) is 0 Å². The standard InChI is InChI=1S/C25H30F3N/c1-3-5-7-11-21-22-12-9-10-14-24(22)29(23(21)13-8-6-4-2)20-17-15-19(16-18-20)25(26,27)28/h9-10,12,14-18H,3-8,11,13H2,1-2H3. The monoisotopic (exact) mass is 401 g/mol. The minimum atomic E-state index is -4.31. The molecule has 29 heavy (non-hydrogen) atoms. The molecule has 0 atom stereocenters. The van der Waals surface area contributed by atoms with E-state index in [1.807, 2.05) is 6.07 Å². The minimum Gasteiger partial charge on any atom is -0.313 e. The third-order valence-corrected chi connectivity index (χ3v) is 5.59. The van der Waals surface area contributed by atoms with Crippen LogP contribution in [-0.2, 0) is 19.0 Å². The lowest BCUT2D eigenvalue weighted by Crippen LogP contribution is -2.06. The molecule has 0 N–H and O–H groups in total. The number of hydrogen-bond donors (Lipinski definition) is 0. The van der Waals surface area contributed by atoms with E-state index < -0.39 is 11.7 Å². The first-order valence-electron chi connectivity index (χ1n) is 10.8. The van der Waals surface area contributed by atoms with Crippen molar-refractivity contribution in [2.24, 2.45) is 0 Å². The van der Waals surface area contributed by atoms with Crippen molar-refractivity contribution in [3.05, 3.63) is 65.4 Å². The number of hydrogen-bond acceptors (Lipinski definition) is 0. The summed E-state index contributed by atoms with van der Waals surface area (Å²) in [6.07, 6.45) is 4.54. The fourth-order valence-electron chi connectivity index (χ4n) is 4.09. The van der Waals surface area contributed by atoms with Crippen LogP contribution in [0.25, 0.3) is 16.6 Å². The van der Waals surface area contributed by atoms with Gasteiger partial charge in [0.25, 0.3) is 0 Å². The molecule has 0 saturated heterocycles. The lowest BCUT2D eigenvalue weighted by Gasteiger charge is -2.14. The fraction of sp³-hybridized carbons (Fsp3) is 0.440. The van der Waals surface area contributed by atoms with Crippen LogP contribution in [0.5, 0.6) is 0 Å². The largest absolute Gasteiger partial charge is 0.416 e. The molecule has 0 aliphatic carbocycles. The number of aryl methyl sites for hydroxylation is 1. The molecule has 3 aromatic rings. The maximum absolute atomic E-state index is 13.0. The van der Waals surface area contributed by atoms with Gasteiger partial charge in [-0.05, 0) is 61.6 Å². The van der Waals surface area contributed by atoms with E-state index in [1.165, 1.54) is 41.6 Å². The Morgan fingerprint density at radius 3 is 2.00 bits per heavy atom. The van der Waals surface area contributed by atoms with Crippen LogP contribution in [0.3, 0.4) is 0 Å². The molecular formula is C25H30F3N. The molecule has 0 spiro atoms. The summed E-state index contributed by atoms with van der Waals surface area (Å²) in [6, 6.07) is 13.9. The third-order valence-electron chi connectivity index (χ3n) is 5.59. The van der Waals surface area contributed by atoms with Gasteiger partial charge in [0.2, 0.25) is 0 Å². The second-order valence-corrected chi connectivity index (χ2v) is 7.74. The molecule has 2 aromatic carbocycles. The number of nitrogens with zero attached hydrogens (tertiary/aromatic N) is 1. The van der Waals surface area contributed by atoms with Gasteiger partial charge >= 0.3 is 6.18 Å². The first kappa shape index (κ1) is 21.5. The van der Waals surface area contributed by atoms with Crippen LogP contribution < -0.4 is 0 Å². The Morgan fingerprint density at radius 1 is 0.759 bits per heavy atom. The number of para-hydroxylation sites is 1. The van der Waals surface area contributed by atoms with Gasteiger partial charge < -0.3 is 4.57 Å². The van der Waals surface area contributed by atoms with Crippen LogP contribution in [0.1, 0.15) is 69.2 Å². The summed E-state index contributed by atoms with van der Waals surface area (Å²) < 4.78 is 41.3. The summed E-state index contributed by atoms with van der Waals surface area (Å²) in [7, 11) is 0. The molecule has 0 aliphatic rings. The Labute approximate surface area is 171 Å². The van der Waals surface area contributed by atoms with Gasteiger partial charge in [-0.3, -0.25) is 0 Å². The third kappa shape index (κ3) is 4.85. The van der Waals surface area contributed by atoms with Crippen LogP contribution in [-0.4, -0.2) is 4.57 Å². The normalized spacial score (nSPS) is 12.0. The van der Waals surface area contributed by atoms with E-state index in [2.05, 4.69) is 36.6 Å². The zero-order valence-corrected chi connectivity index (χ0v) is 17.4. The van der Waals surface area contributed by atoms with Gasteiger partial charge in [-0.2, -0.15) is 13.2 Å². The summed E-state index contributed by atoms with van der Waals surface area (Å²) in [5, 5.41) is 1.23. The van der Waals surface area contributed by atoms with Gasteiger partial charge in [-0.15, -0.1) is 0 Å². The molecule has 0 bridgehead atoms. The molecule has 0 unspecified atom stereocenters. The van der Waals surface area contributed by atoms with Gasteiger partial charge in [0.05, 0.1) is 11.1 Å². The Balaban J connectivity index is 2.11. The topological polar surface area (TPSA) is 4.93 Å². The van der Waals surface area contributed by atoms with Crippen LogP contribution in [0, 0.1) is 0 Å². The van der Waals surface area contributed by atoms with E-state index in [0.29, 0.717) is 0 Å². The van der Waals surface area contributed by atoms with Crippen molar-refractivity contribution >= 4 is 10.9 Å². The highest BCUT2D eigenvalue weighted by atomic mass is 19.4. The molecule has 4 heteroatoms. The van der Waals surface area contributed by atoms with Crippen molar-refractivity contribution in [1.82, 2.24) is 4.57 Å². The van der Waals surface area contributed by atoms with Crippen molar-refractivity contribution in [3.8, 4) is 5.69 Å². The quantitative estimate of drug-likeness (QED) is 0.319. The molecule has 1 aromatic heterocycles. The summed E-state index contributed by atoms with van der Waals surface area (Å²) in [5.41, 5.74) is 3.92. The Bertz CT molecular complexity index is 920. The number of fused-ring (bicyclic) bond motifs is 1. The summed E-state index contributed by atoms with van der Waals surface area (Å²) >= 11 is 0. The summed E-state index contributed by atoms with van der Waals surface area (Å²) in [4.78, 5) is 0. The Hall–Kier alpha value is -2.23. The molecule has 3 rings (SSSR count). The van der Waals surface area contributed by atoms with E-state index in [0.717, 1.165) is 49.7 Å². The Morgan fingerprint density at radius 2 is 1.38 bits per heavy atom. The van der Waals surface area contributed by atoms with Crippen LogP contribution in [0.15, 0.2) is 48.5 Å². The highest BCUT2D eigenvalue weighted by molar-refractivity contribution is 5.87. The van der Waals surface area contributed by atoms with E-state index in [1.54, 1.807) is 12.1 Å². The zero-order valence-electron chi connectivity index (χ0n) is 17.4. The lowest BCUT2D eigenvalue weighted by molar-refractivity contribution is -0.137. The minimum absolute atomic E-state index is 0.603. The highest BCUT2D eigenvalue weighted by Gasteiger charge is 2.30. The predicted octanol–water partition coefficient (Wildman–Crippen LogP) is 8.11. The molecular weight excluding hydrogens is 371 g/mol. The van der Waals surface area contributed by atoms with Crippen molar-refractivity contribution in [1.29, 1.82) is 0 Å². The number of alkyl halides is 3. The van der Waals surface area contributed by atoms with E-state index >= 15 is 0 Å². The van der Waals surface area contributed by atoms with Crippen molar-refractivity contribution in [2.75, 3.05) is 0 Å². The molecule has 156 valence electrons. The highest BCUT2D eigenvalue weighted by Crippen LogP contribution is 2.34. The molecule has 0 aliphatic heterocycles. The SMILES string of the molecule is CCCCCc1c(CCCCC)n(-c2ccc(C(F)(F)F)cc2)c2ccccc12. The van der Waals surface area contributed by atoms with Crippen molar-refractivity contribution in [2.45, 2.75) is 71.4 Å². The van der Waals surface area contributed by atoms with Gasteiger partial charge in [-0.1, -0.05) is 57.7 Å². The maximum atomic E-state index is 13.0. The van der Waals surface area contributed by atoms with Gasteiger partial charge in [0, 0.05) is 16.8 Å². The summed E-state index contributed by atoms with van der Waals surface area (Å²) in [5.74, 6) is 0. The molecule has 1 nitrogen and oxygen atoms in total. The second kappa shape index (κ2) is 9.51. The van der Waals surface area contributed by atoms with Crippen LogP contribution in [0.4, 0.5) is 13.2 Å². The smallest absolute Gasteiger partial charge is 0.313 e. The average molecular weight is 402 g/mol. The molecule has 1 heterocycles. The van der Waals surface area contributed by atoms with Crippen LogP contribution >= 0.6 is 0 Å². The fourth-order valence-corrected chi connectivity index (χ4v) is 4.09. The lowest BCUT2D eigenvalue weighted by atomic mass is 10.0. The number of rotatable bonds is 9. The van der Waals surface area contributed by atoms with E-state index in [9.17, 15) is 13.2 Å². The maximum Gasteiger partial charge on any atom is 0.416 e. The second-order valence-electron chi connectivity index (χ2n) is 7.74. The Kier molecular flexibility index (Phi) is 7.05. The average Bonchev–Trinajstić information content (AvgIpc) is 3.01. The zero-order chi connectivity index (χ0) is 20.9. The first-order chi connectivity index (χ1) is 14.0. The number of halogens is 3. The molecule has 0 amide bonds. The van der Waals surface area contributed by atoms with Crippen molar-refractivity contribution in [3.63, 3.8) is 0 Å². The number of unbranched alkanes of at least 4 members (excludes halogenated alkanes) is 4. The first-order valence-corrected chi connectivity index (χ1v) is 10.8. The predicted molar refractivity (Wildman–Crippen MR) is 115 cm³/mol. The van der Waals surface area contributed by atoms with E-state index in [4.69, 9.17) is 0 Å².